The topological polar surface area (TPSA) is 69.6 Å². The summed E-state index contributed by atoms with van der Waals surface area (Å²) in [4.78, 5) is 25.0. The molecule has 0 aliphatic carbocycles. The highest BCUT2D eigenvalue weighted by Gasteiger charge is 2.16. The largest absolute Gasteiger partial charge is 0.481 e. The number of hydrogen-bond donors (Lipinski definition) is 2. The lowest BCUT2D eigenvalue weighted by Gasteiger charge is -2.23. The first-order valence-corrected chi connectivity index (χ1v) is 6.73. The Hall–Kier alpha value is -1.56. The zero-order valence-corrected chi connectivity index (χ0v) is 11.4. The summed E-state index contributed by atoms with van der Waals surface area (Å²) >= 11 is 1.58. The number of urea groups is 1. The molecule has 1 aromatic heterocycles. The molecule has 0 radical (unpaired) electrons. The minimum absolute atomic E-state index is 0.0331. The van der Waals surface area contributed by atoms with Crippen molar-refractivity contribution in [3.63, 3.8) is 0 Å². The van der Waals surface area contributed by atoms with Gasteiger partial charge in [0.2, 0.25) is 0 Å². The van der Waals surface area contributed by atoms with Crippen LogP contribution in [0.25, 0.3) is 0 Å². The van der Waals surface area contributed by atoms with Gasteiger partial charge in [-0.15, -0.1) is 11.3 Å². The van der Waals surface area contributed by atoms with Gasteiger partial charge in [-0.1, -0.05) is 6.07 Å². The molecule has 0 fully saturated rings. The summed E-state index contributed by atoms with van der Waals surface area (Å²) in [6, 6.07) is 3.62. The van der Waals surface area contributed by atoms with Crippen LogP contribution < -0.4 is 5.32 Å². The minimum atomic E-state index is -0.896. The van der Waals surface area contributed by atoms with Crippen LogP contribution in [0.1, 0.15) is 31.2 Å². The minimum Gasteiger partial charge on any atom is -0.481 e. The first-order valence-electron chi connectivity index (χ1n) is 5.85. The van der Waals surface area contributed by atoms with Crippen molar-refractivity contribution in [1.29, 1.82) is 0 Å². The lowest BCUT2D eigenvalue weighted by Crippen LogP contribution is -2.41. The number of thiophene rings is 1. The summed E-state index contributed by atoms with van der Waals surface area (Å²) in [5.74, 6) is -0.896. The average molecular weight is 270 g/mol. The normalized spacial score (nSPS) is 11.9. The SMILES string of the molecule is CCN(CCC(=O)O)C(=O)NC(C)c1cccs1. The Balaban J connectivity index is 2.49. The number of hydrogen-bond acceptors (Lipinski definition) is 3. The molecule has 2 N–H and O–H groups in total. The fourth-order valence-corrected chi connectivity index (χ4v) is 2.25. The van der Waals surface area contributed by atoms with Gasteiger partial charge in [0, 0.05) is 18.0 Å². The molecule has 6 heteroatoms. The quantitative estimate of drug-likeness (QED) is 0.833. The summed E-state index contributed by atoms with van der Waals surface area (Å²) in [7, 11) is 0. The van der Waals surface area contributed by atoms with Crippen molar-refractivity contribution < 1.29 is 14.7 Å². The molecule has 1 aromatic rings. The molecule has 0 aliphatic rings. The van der Waals surface area contributed by atoms with E-state index in [-0.39, 0.29) is 25.0 Å². The van der Waals surface area contributed by atoms with Crippen molar-refractivity contribution in [1.82, 2.24) is 10.2 Å². The number of amides is 2. The second-order valence-corrected chi connectivity index (χ2v) is 4.89. The second-order valence-electron chi connectivity index (χ2n) is 3.91. The Morgan fingerprint density at radius 1 is 1.56 bits per heavy atom. The lowest BCUT2D eigenvalue weighted by atomic mass is 10.3. The molecule has 1 unspecified atom stereocenters. The van der Waals surface area contributed by atoms with Gasteiger partial charge in [0.05, 0.1) is 12.5 Å². The van der Waals surface area contributed by atoms with E-state index in [1.807, 2.05) is 31.4 Å². The Bertz CT molecular complexity index is 392. The maximum Gasteiger partial charge on any atom is 0.317 e. The van der Waals surface area contributed by atoms with E-state index in [9.17, 15) is 9.59 Å². The fraction of sp³-hybridized carbons (Fsp3) is 0.500. The highest BCUT2D eigenvalue weighted by Crippen LogP contribution is 2.18. The zero-order chi connectivity index (χ0) is 13.5. The van der Waals surface area contributed by atoms with Crippen LogP contribution in [0.5, 0.6) is 0 Å². The van der Waals surface area contributed by atoms with Gasteiger partial charge in [-0.05, 0) is 25.3 Å². The molecule has 0 saturated carbocycles. The average Bonchev–Trinajstić information content (AvgIpc) is 2.82. The molecule has 1 rings (SSSR count). The molecule has 5 nitrogen and oxygen atoms in total. The molecule has 0 aliphatic heterocycles. The van der Waals surface area contributed by atoms with Gasteiger partial charge in [0.1, 0.15) is 0 Å². The predicted octanol–water partition coefficient (Wildman–Crippen LogP) is 2.32. The van der Waals surface area contributed by atoms with Gasteiger partial charge in [0.25, 0.3) is 0 Å². The summed E-state index contributed by atoms with van der Waals surface area (Å²) < 4.78 is 0. The van der Waals surface area contributed by atoms with Gasteiger partial charge >= 0.3 is 12.0 Å². The van der Waals surface area contributed by atoms with E-state index in [1.165, 1.54) is 4.90 Å². The molecule has 0 bridgehead atoms. The third-order valence-corrected chi connectivity index (χ3v) is 3.63. The maximum atomic E-state index is 11.9. The number of nitrogens with one attached hydrogen (secondary N) is 1. The molecule has 1 atom stereocenters. The highest BCUT2D eigenvalue weighted by atomic mass is 32.1. The summed E-state index contributed by atoms with van der Waals surface area (Å²) in [6.07, 6.45) is -0.0331. The first kappa shape index (κ1) is 14.5. The van der Waals surface area contributed by atoms with Crippen molar-refractivity contribution in [2.24, 2.45) is 0 Å². The van der Waals surface area contributed by atoms with E-state index in [1.54, 1.807) is 11.3 Å². The molecule has 18 heavy (non-hydrogen) atoms. The van der Waals surface area contributed by atoms with Gasteiger partial charge < -0.3 is 15.3 Å². The van der Waals surface area contributed by atoms with E-state index in [0.29, 0.717) is 6.54 Å². The third kappa shape index (κ3) is 4.37. The Kier molecular flexibility index (Phi) is 5.64. The monoisotopic (exact) mass is 270 g/mol. The van der Waals surface area contributed by atoms with Crippen LogP contribution in [-0.2, 0) is 4.79 Å². The molecule has 2 amide bonds. The number of carboxylic acids is 1. The third-order valence-electron chi connectivity index (χ3n) is 2.57. The summed E-state index contributed by atoms with van der Waals surface area (Å²) in [6.45, 7) is 4.47. The Labute approximate surface area is 110 Å². The standard InChI is InChI=1S/C12H18N2O3S/c1-3-14(7-6-11(15)16)12(17)13-9(2)10-5-4-8-18-10/h4-5,8-9H,3,6-7H2,1-2H3,(H,13,17)(H,15,16). The first-order chi connectivity index (χ1) is 8.54. The van der Waals surface area contributed by atoms with E-state index in [0.717, 1.165) is 4.88 Å². The molecule has 0 spiro atoms. The van der Waals surface area contributed by atoms with Gasteiger partial charge in [0.15, 0.2) is 0 Å². The van der Waals surface area contributed by atoms with Gasteiger partial charge in [-0.25, -0.2) is 4.79 Å². The van der Waals surface area contributed by atoms with Crippen LogP contribution in [0.15, 0.2) is 17.5 Å². The molecule has 100 valence electrons. The number of rotatable bonds is 6. The van der Waals surface area contributed by atoms with Gasteiger partial charge in [-0.2, -0.15) is 0 Å². The van der Waals surface area contributed by atoms with Crippen molar-refractivity contribution in [3.8, 4) is 0 Å². The molecule has 0 aromatic carbocycles. The highest BCUT2D eigenvalue weighted by molar-refractivity contribution is 7.10. The number of nitrogens with zero attached hydrogens (tertiary/aromatic N) is 1. The van der Waals surface area contributed by atoms with Crippen molar-refractivity contribution in [2.75, 3.05) is 13.1 Å². The van der Waals surface area contributed by atoms with E-state index < -0.39 is 5.97 Å². The van der Waals surface area contributed by atoms with Crippen LogP contribution >= 0.6 is 11.3 Å². The van der Waals surface area contributed by atoms with Crippen LogP contribution in [0.3, 0.4) is 0 Å². The van der Waals surface area contributed by atoms with Crippen LogP contribution in [0.4, 0.5) is 4.79 Å². The number of carbonyl (C=O) groups is 2. The van der Waals surface area contributed by atoms with E-state index >= 15 is 0 Å². The molecular formula is C12H18N2O3S. The smallest absolute Gasteiger partial charge is 0.317 e. The second kappa shape index (κ2) is 7.00. The van der Waals surface area contributed by atoms with E-state index in [2.05, 4.69) is 5.32 Å². The Morgan fingerprint density at radius 2 is 2.28 bits per heavy atom. The zero-order valence-electron chi connectivity index (χ0n) is 10.5. The van der Waals surface area contributed by atoms with Gasteiger partial charge in [-0.3, -0.25) is 4.79 Å². The fourth-order valence-electron chi connectivity index (χ4n) is 1.52. The van der Waals surface area contributed by atoms with Crippen molar-refractivity contribution in [3.05, 3.63) is 22.4 Å². The lowest BCUT2D eigenvalue weighted by molar-refractivity contribution is -0.137. The van der Waals surface area contributed by atoms with Crippen LogP contribution in [0, 0.1) is 0 Å². The Morgan fingerprint density at radius 3 is 2.78 bits per heavy atom. The van der Waals surface area contributed by atoms with Crippen molar-refractivity contribution >= 4 is 23.3 Å². The number of aliphatic carboxylic acids is 1. The molecule has 0 saturated heterocycles. The molecule has 1 heterocycles. The number of carbonyl (C=O) groups excluding carboxylic acids is 1. The summed E-state index contributed by atoms with van der Waals surface area (Å²) in [5.41, 5.74) is 0. The predicted molar refractivity (Wildman–Crippen MR) is 70.8 cm³/mol. The van der Waals surface area contributed by atoms with Crippen LogP contribution in [-0.4, -0.2) is 35.1 Å². The number of carboxylic acid groups (broad SMARTS) is 1. The summed E-state index contributed by atoms with van der Waals surface area (Å²) in [5, 5.41) is 13.4. The van der Waals surface area contributed by atoms with Crippen LogP contribution in [0.2, 0.25) is 0 Å². The van der Waals surface area contributed by atoms with Crippen molar-refractivity contribution in [2.45, 2.75) is 26.3 Å². The van der Waals surface area contributed by atoms with E-state index in [4.69, 9.17) is 5.11 Å². The molecular weight excluding hydrogens is 252 g/mol. The maximum absolute atomic E-state index is 11.9.